The molecule has 4 atom stereocenters. The zero-order chi connectivity index (χ0) is 20.2. The van der Waals surface area contributed by atoms with Crippen molar-refractivity contribution in [2.45, 2.75) is 31.0 Å². The van der Waals surface area contributed by atoms with Gasteiger partial charge in [0.25, 0.3) is 0 Å². The number of hydrogen-bond acceptors (Lipinski definition) is 9. The molecule has 2 unspecified atom stereocenters. The summed E-state index contributed by atoms with van der Waals surface area (Å²) in [5.41, 5.74) is 5.27. The molecule has 1 fully saturated rings. The number of nitrogens with zero attached hydrogens (tertiary/aromatic N) is 3. The fourth-order valence-electron chi connectivity index (χ4n) is 3.46. The molecule has 3 aromatic heterocycles. The molecule has 0 radical (unpaired) electrons. The quantitative estimate of drug-likeness (QED) is 0.413. The zero-order valence-corrected chi connectivity index (χ0v) is 15.5. The summed E-state index contributed by atoms with van der Waals surface area (Å²) in [6.45, 7) is 0.936. The van der Waals surface area contributed by atoms with Crippen LogP contribution in [0.5, 0.6) is 0 Å². The first-order chi connectivity index (χ1) is 13.3. The lowest BCUT2D eigenvalue weighted by atomic mass is 9.96. The minimum absolute atomic E-state index is 0.159. The van der Waals surface area contributed by atoms with Gasteiger partial charge < -0.3 is 35.5 Å². The van der Waals surface area contributed by atoms with Crippen molar-refractivity contribution in [2.75, 3.05) is 12.3 Å². The minimum Gasteiger partial charge on any atom is -0.477 e. The second-order valence-corrected chi connectivity index (χ2v) is 7.84. The molecule has 0 amide bonds. The molecule has 10 nitrogen and oxygen atoms in total. The average Bonchev–Trinajstić information content (AvgIpc) is 3.32. The molecule has 11 heteroatoms. The lowest BCUT2D eigenvalue weighted by molar-refractivity contribution is -0.0948. The number of anilines is 1. The Hall–Kier alpha value is -2.57. The van der Waals surface area contributed by atoms with E-state index < -0.39 is 36.6 Å². The predicted molar refractivity (Wildman–Crippen MR) is 99.8 cm³/mol. The van der Waals surface area contributed by atoms with Crippen LogP contribution < -0.4 is 5.73 Å². The number of aliphatic hydroxyl groups is 3. The summed E-state index contributed by atoms with van der Waals surface area (Å²) in [6.07, 6.45) is -0.454. The molecule has 1 saturated heterocycles. The van der Waals surface area contributed by atoms with Crippen LogP contribution in [0, 0.1) is 0 Å². The maximum atomic E-state index is 11.2. The predicted octanol–water partition coefficient (Wildman–Crippen LogP) is 0.442. The van der Waals surface area contributed by atoms with Crippen molar-refractivity contribution in [1.82, 2.24) is 14.5 Å². The van der Waals surface area contributed by atoms with E-state index >= 15 is 0 Å². The Labute approximate surface area is 162 Å². The fraction of sp³-hybridized carbons (Fsp3) is 0.353. The summed E-state index contributed by atoms with van der Waals surface area (Å²) in [5, 5.41) is 40.2. The molecule has 4 heterocycles. The molecule has 1 aliphatic heterocycles. The van der Waals surface area contributed by atoms with Crippen LogP contribution in [-0.4, -0.2) is 65.3 Å². The van der Waals surface area contributed by atoms with Gasteiger partial charge in [-0.15, -0.1) is 11.3 Å². The van der Waals surface area contributed by atoms with E-state index in [2.05, 4.69) is 9.97 Å². The van der Waals surface area contributed by atoms with Gasteiger partial charge in [-0.3, -0.25) is 0 Å². The van der Waals surface area contributed by atoms with Gasteiger partial charge in [0, 0.05) is 16.6 Å². The molecule has 148 valence electrons. The van der Waals surface area contributed by atoms with Gasteiger partial charge in [-0.1, -0.05) is 0 Å². The van der Waals surface area contributed by atoms with E-state index in [-0.39, 0.29) is 10.7 Å². The van der Waals surface area contributed by atoms with Gasteiger partial charge in [-0.25, -0.2) is 14.8 Å². The number of fused-ring (bicyclic) bond motifs is 1. The van der Waals surface area contributed by atoms with Crippen LogP contribution in [0.2, 0.25) is 0 Å². The van der Waals surface area contributed by atoms with Gasteiger partial charge in [0.2, 0.25) is 0 Å². The highest BCUT2D eigenvalue weighted by Crippen LogP contribution is 2.43. The molecule has 0 saturated carbocycles. The van der Waals surface area contributed by atoms with Crippen LogP contribution in [0.3, 0.4) is 0 Å². The highest BCUT2D eigenvalue weighted by Gasteiger charge is 2.53. The van der Waals surface area contributed by atoms with Crippen molar-refractivity contribution in [3.63, 3.8) is 0 Å². The molecule has 0 bridgehead atoms. The number of nitrogens with two attached hydrogens (primary N) is 1. The van der Waals surface area contributed by atoms with Crippen LogP contribution in [0.25, 0.3) is 21.5 Å². The number of nitrogen functional groups attached to an aromatic ring is 1. The number of aliphatic hydroxyl groups excluding tert-OH is 2. The van der Waals surface area contributed by atoms with Gasteiger partial charge in [0.1, 0.15) is 40.5 Å². The van der Waals surface area contributed by atoms with Crippen molar-refractivity contribution in [2.24, 2.45) is 0 Å². The number of carbonyl (C=O) groups is 1. The number of ether oxygens (including phenoxy) is 1. The van der Waals surface area contributed by atoms with Gasteiger partial charge >= 0.3 is 5.97 Å². The number of aromatic nitrogens is 3. The van der Waals surface area contributed by atoms with E-state index in [4.69, 9.17) is 10.5 Å². The minimum atomic E-state index is -1.71. The maximum Gasteiger partial charge on any atom is 0.345 e. The van der Waals surface area contributed by atoms with E-state index in [1.807, 2.05) is 0 Å². The summed E-state index contributed by atoms with van der Waals surface area (Å²) in [5.74, 6) is -0.860. The second-order valence-electron chi connectivity index (χ2n) is 6.76. The second kappa shape index (κ2) is 6.50. The largest absolute Gasteiger partial charge is 0.477 e. The van der Waals surface area contributed by atoms with E-state index in [1.54, 1.807) is 12.3 Å². The topological polar surface area (TPSA) is 164 Å². The summed E-state index contributed by atoms with van der Waals surface area (Å²) in [6, 6.07) is 3.14. The van der Waals surface area contributed by atoms with Crippen LogP contribution >= 0.6 is 11.3 Å². The third-order valence-corrected chi connectivity index (χ3v) is 6.01. The number of carboxylic acids is 1. The zero-order valence-electron chi connectivity index (χ0n) is 14.7. The van der Waals surface area contributed by atoms with E-state index in [0.29, 0.717) is 21.5 Å². The molecule has 4 rings (SSSR count). The molecule has 3 aromatic rings. The molecule has 6 N–H and O–H groups in total. The summed E-state index contributed by atoms with van der Waals surface area (Å²) < 4.78 is 7.20. The van der Waals surface area contributed by atoms with Crippen molar-refractivity contribution in [3.05, 3.63) is 29.5 Å². The SMILES string of the molecule is C[C@@]1(O)C(O)C(CO)O[C@H]1n1cc(-c2ccc(C(=O)O)s2)c2c(N)ncnc21. The first-order valence-electron chi connectivity index (χ1n) is 8.37. The summed E-state index contributed by atoms with van der Waals surface area (Å²) in [7, 11) is 0. The fourth-order valence-corrected chi connectivity index (χ4v) is 4.32. The lowest BCUT2D eigenvalue weighted by Crippen LogP contribution is -2.44. The highest BCUT2D eigenvalue weighted by atomic mass is 32.1. The number of rotatable bonds is 4. The van der Waals surface area contributed by atoms with E-state index in [9.17, 15) is 25.2 Å². The first-order valence-corrected chi connectivity index (χ1v) is 9.18. The normalized spacial score (nSPS) is 27.5. The monoisotopic (exact) mass is 406 g/mol. The smallest absolute Gasteiger partial charge is 0.345 e. The number of carboxylic acid groups (broad SMARTS) is 1. The highest BCUT2D eigenvalue weighted by molar-refractivity contribution is 7.17. The Balaban J connectivity index is 1.91. The summed E-state index contributed by atoms with van der Waals surface area (Å²) in [4.78, 5) is 20.3. The van der Waals surface area contributed by atoms with Crippen molar-refractivity contribution in [3.8, 4) is 10.4 Å². The van der Waals surface area contributed by atoms with Crippen LogP contribution in [0.1, 0.15) is 22.8 Å². The Bertz CT molecular complexity index is 1060. The van der Waals surface area contributed by atoms with Crippen LogP contribution in [0.15, 0.2) is 24.7 Å². The number of thiophene rings is 1. The standard InChI is InChI=1S/C17H18N4O6S/c1-17(26)12(23)8(5-22)27-16(17)21-4-7(9-2-3-10(28-9)15(24)25)11-13(18)19-6-20-14(11)21/h2-4,6,8,12,16,22-23,26H,5H2,1H3,(H,24,25)(H2,18,19,20)/t8?,12?,16-,17-/m1/s1. The number of hydrogen-bond donors (Lipinski definition) is 5. The Kier molecular flexibility index (Phi) is 4.36. The van der Waals surface area contributed by atoms with Gasteiger partial charge in [-0.05, 0) is 19.1 Å². The lowest BCUT2D eigenvalue weighted by Gasteiger charge is -2.27. The van der Waals surface area contributed by atoms with Gasteiger partial charge in [0.05, 0.1) is 12.0 Å². The Morgan fingerprint density at radius 2 is 2.18 bits per heavy atom. The Morgan fingerprint density at radius 1 is 1.43 bits per heavy atom. The maximum absolute atomic E-state index is 11.2. The van der Waals surface area contributed by atoms with Crippen molar-refractivity contribution >= 4 is 34.2 Å². The molecule has 0 spiro atoms. The number of aromatic carboxylic acids is 1. The van der Waals surface area contributed by atoms with Gasteiger partial charge in [-0.2, -0.15) is 0 Å². The van der Waals surface area contributed by atoms with Crippen LogP contribution in [0.4, 0.5) is 5.82 Å². The Morgan fingerprint density at radius 3 is 2.79 bits per heavy atom. The molecule has 0 aromatic carbocycles. The van der Waals surface area contributed by atoms with Crippen molar-refractivity contribution in [1.29, 1.82) is 0 Å². The molecule has 0 aliphatic carbocycles. The van der Waals surface area contributed by atoms with E-state index in [1.165, 1.54) is 23.9 Å². The first kappa shape index (κ1) is 18.8. The van der Waals surface area contributed by atoms with Crippen LogP contribution in [-0.2, 0) is 4.74 Å². The molecular weight excluding hydrogens is 388 g/mol. The average molecular weight is 406 g/mol. The van der Waals surface area contributed by atoms with Gasteiger partial charge in [0.15, 0.2) is 6.23 Å². The summed E-state index contributed by atoms with van der Waals surface area (Å²) >= 11 is 1.06. The molecule has 1 aliphatic rings. The third kappa shape index (κ3) is 2.67. The van der Waals surface area contributed by atoms with Crippen molar-refractivity contribution < 1.29 is 30.0 Å². The molecule has 28 heavy (non-hydrogen) atoms. The van der Waals surface area contributed by atoms with E-state index in [0.717, 1.165) is 11.3 Å². The third-order valence-electron chi connectivity index (χ3n) is 4.91. The molecular formula is C17H18N4O6S.